The van der Waals surface area contributed by atoms with E-state index in [9.17, 15) is 0 Å². The minimum atomic E-state index is 0.569. The molecule has 0 spiro atoms. The van der Waals surface area contributed by atoms with Crippen molar-refractivity contribution in [3.8, 4) is 11.3 Å². The van der Waals surface area contributed by atoms with Gasteiger partial charge in [-0.05, 0) is 31.9 Å². The first-order valence-electron chi connectivity index (χ1n) is 6.08. The topological polar surface area (TPSA) is 17.8 Å². The molecular weight excluding hydrogens is 232 g/mol. The van der Waals surface area contributed by atoms with Gasteiger partial charge in [0.2, 0.25) is 0 Å². The van der Waals surface area contributed by atoms with Crippen LogP contribution in [0.3, 0.4) is 0 Å². The van der Waals surface area contributed by atoms with Crippen LogP contribution in [0.1, 0.15) is 31.6 Å². The lowest BCUT2D eigenvalue weighted by molar-refractivity contribution is 0.426. The number of aryl methyl sites for hydroxylation is 1. The third-order valence-electron chi connectivity index (χ3n) is 3.43. The van der Waals surface area contributed by atoms with Crippen molar-refractivity contribution in [2.75, 3.05) is 0 Å². The first kappa shape index (κ1) is 10.8. The largest absolute Gasteiger partial charge is 0.331 e. The zero-order chi connectivity index (χ0) is 11.8. The van der Waals surface area contributed by atoms with E-state index in [1.54, 1.807) is 0 Å². The lowest BCUT2D eigenvalue weighted by Gasteiger charge is -2.20. The molecular formula is C14H15ClN2. The summed E-state index contributed by atoms with van der Waals surface area (Å²) in [5.74, 6) is 1.21. The third kappa shape index (κ3) is 1.98. The Balaban J connectivity index is 2.05. The van der Waals surface area contributed by atoms with Gasteiger partial charge in [0.15, 0.2) is 0 Å². The molecule has 3 rings (SSSR count). The van der Waals surface area contributed by atoms with Gasteiger partial charge in [0, 0.05) is 29.2 Å². The van der Waals surface area contributed by atoms with E-state index in [0.717, 1.165) is 22.7 Å². The molecule has 1 aromatic carbocycles. The lowest BCUT2D eigenvalue weighted by Crippen LogP contribution is -2.14. The lowest BCUT2D eigenvalue weighted by atomic mass is 10.1. The first-order chi connectivity index (χ1) is 8.24. The fourth-order valence-electron chi connectivity index (χ4n) is 2.48. The van der Waals surface area contributed by atoms with Gasteiger partial charge in [0.25, 0.3) is 0 Å². The van der Waals surface area contributed by atoms with E-state index in [2.05, 4.69) is 23.8 Å². The summed E-state index contributed by atoms with van der Waals surface area (Å²) in [6.45, 7) is 2.26. The summed E-state index contributed by atoms with van der Waals surface area (Å²) < 4.78 is 2.31. The number of nitrogens with zero attached hydrogens (tertiary/aromatic N) is 2. The highest BCUT2D eigenvalue weighted by Crippen LogP contribution is 2.28. The van der Waals surface area contributed by atoms with Crippen molar-refractivity contribution in [1.29, 1.82) is 0 Å². The van der Waals surface area contributed by atoms with E-state index in [1.165, 1.54) is 18.7 Å². The molecule has 1 aliphatic heterocycles. The summed E-state index contributed by atoms with van der Waals surface area (Å²) in [5.41, 5.74) is 2.14. The van der Waals surface area contributed by atoms with Crippen molar-refractivity contribution in [1.82, 2.24) is 9.55 Å². The summed E-state index contributed by atoms with van der Waals surface area (Å²) in [6, 6.07) is 8.47. The maximum atomic E-state index is 6.02. The molecule has 1 aliphatic rings. The molecule has 2 aromatic rings. The predicted molar refractivity (Wildman–Crippen MR) is 70.3 cm³/mol. The van der Waals surface area contributed by atoms with Crippen LogP contribution in [-0.2, 0) is 6.42 Å². The molecule has 1 aromatic heterocycles. The number of imidazole rings is 1. The minimum absolute atomic E-state index is 0.569. The van der Waals surface area contributed by atoms with Crippen LogP contribution < -0.4 is 0 Å². The normalized spacial score (nSPS) is 19.1. The highest BCUT2D eigenvalue weighted by Gasteiger charge is 2.18. The molecule has 0 bridgehead atoms. The molecule has 2 nitrogen and oxygen atoms in total. The van der Waals surface area contributed by atoms with E-state index in [4.69, 9.17) is 16.6 Å². The quantitative estimate of drug-likeness (QED) is 0.741. The Morgan fingerprint density at radius 3 is 3.06 bits per heavy atom. The Morgan fingerprint density at radius 2 is 2.29 bits per heavy atom. The van der Waals surface area contributed by atoms with Crippen LogP contribution in [0, 0.1) is 0 Å². The van der Waals surface area contributed by atoms with Crippen LogP contribution in [0.4, 0.5) is 0 Å². The van der Waals surface area contributed by atoms with Crippen LogP contribution in [-0.4, -0.2) is 9.55 Å². The molecule has 0 radical (unpaired) electrons. The van der Waals surface area contributed by atoms with Gasteiger partial charge >= 0.3 is 0 Å². The van der Waals surface area contributed by atoms with Gasteiger partial charge in [-0.25, -0.2) is 4.98 Å². The molecule has 88 valence electrons. The highest BCUT2D eigenvalue weighted by atomic mass is 35.5. The average Bonchev–Trinajstić information content (AvgIpc) is 2.74. The maximum absolute atomic E-state index is 6.02. The van der Waals surface area contributed by atoms with Crippen LogP contribution >= 0.6 is 11.6 Å². The van der Waals surface area contributed by atoms with E-state index in [0.29, 0.717) is 6.04 Å². The number of hydrogen-bond acceptors (Lipinski definition) is 1. The van der Waals surface area contributed by atoms with Gasteiger partial charge in [-0.2, -0.15) is 0 Å². The number of benzene rings is 1. The second kappa shape index (κ2) is 4.19. The summed E-state index contributed by atoms with van der Waals surface area (Å²) in [6.07, 6.45) is 5.74. The summed E-state index contributed by atoms with van der Waals surface area (Å²) in [4.78, 5) is 4.72. The molecule has 1 atom stereocenters. The Hall–Kier alpha value is -1.28. The number of hydrogen-bond donors (Lipinski definition) is 0. The van der Waals surface area contributed by atoms with Gasteiger partial charge in [0.1, 0.15) is 5.82 Å². The smallest absolute Gasteiger partial charge is 0.109 e. The highest BCUT2D eigenvalue weighted by molar-refractivity contribution is 6.30. The molecule has 0 fully saturated rings. The van der Waals surface area contributed by atoms with Crippen molar-refractivity contribution >= 4 is 11.6 Å². The van der Waals surface area contributed by atoms with Gasteiger partial charge in [-0.15, -0.1) is 0 Å². The summed E-state index contributed by atoms with van der Waals surface area (Å²) >= 11 is 6.02. The molecule has 0 saturated carbocycles. The van der Waals surface area contributed by atoms with Crippen molar-refractivity contribution in [3.63, 3.8) is 0 Å². The van der Waals surface area contributed by atoms with Gasteiger partial charge in [0.05, 0.1) is 5.69 Å². The van der Waals surface area contributed by atoms with Crippen LogP contribution in [0.25, 0.3) is 11.3 Å². The van der Waals surface area contributed by atoms with Crippen molar-refractivity contribution in [3.05, 3.63) is 41.3 Å². The average molecular weight is 247 g/mol. The minimum Gasteiger partial charge on any atom is -0.331 e. The monoisotopic (exact) mass is 246 g/mol. The van der Waals surface area contributed by atoms with Gasteiger partial charge < -0.3 is 4.57 Å². The Bertz CT molecular complexity index is 545. The Labute approximate surface area is 106 Å². The van der Waals surface area contributed by atoms with Crippen LogP contribution in [0.5, 0.6) is 0 Å². The van der Waals surface area contributed by atoms with E-state index in [1.807, 2.05) is 18.2 Å². The van der Waals surface area contributed by atoms with Crippen LogP contribution in [0.2, 0.25) is 5.02 Å². The Morgan fingerprint density at radius 1 is 1.41 bits per heavy atom. The fourth-order valence-corrected chi connectivity index (χ4v) is 2.67. The molecule has 17 heavy (non-hydrogen) atoms. The molecule has 3 heteroatoms. The third-order valence-corrected chi connectivity index (χ3v) is 3.66. The zero-order valence-electron chi connectivity index (χ0n) is 9.86. The first-order valence-corrected chi connectivity index (χ1v) is 6.45. The van der Waals surface area contributed by atoms with Crippen molar-refractivity contribution in [2.45, 2.75) is 32.2 Å². The number of rotatable bonds is 1. The maximum Gasteiger partial charge on any atom is 0.109 e. The van der Waals surface area contributed by atoms with E-state index in [-0.39, 0.29) is 0 Å². The number of halogens is 1. The van der Waals surface area contributed by atoms with Gasteiger partial charge in [-0.3, -0.25) is 0 Å². The van der Waals surface area contributed by atoms with Crippen molar-refractivity contribution in [2.24, 2.45) is 0 Å². The molecule has 0 amide bonds. The summed E-state index contributed by atoms with van der Waals surface area (Å²) in [7, 11) is 0. The molecule has 0 aliphatic carbocycles. The zero-order valence-corrected chi connectivity index (χ0v) is 10.6. The molecule has 2 heterocycles. The van der Waals surface area contributed by atoms with Crippen molar-refractivity contribution < 1.29 is 0 Å². The molecule has 0 unspecified atom stereocenters. The Kier molecular flexibility index (Phi) is 2.67. The van der Waals surface area contributed by atoms with E-state index < -0.39 is 0 Å². The molecule has 0 N–H and O–H groups in total. The number of aromatic nitrogens is 2. The molecule has 0 saturated heterocycles. The standard InChI is InChI=1S/C14H15ClN2/c1-10-4-2-7-14-16-13(9-17(10)14)11-5-3-6-12(15)8-11/h3,5-6,8-10H,2,4,7H2,1H3/t10-/m1/s1. The second-order valence-corrected chi connectivity index (χ2v) is 5.14. The predicted octanol–water partition coefficient (Wildman–Crippen LogP) is 4.10. The number of fused-ring (bicyclic) bond motifs is 1. The summed E-state index contributed by atoms with van der Waals surface area (Å²) in [5, 5.41) is 0.765. The van der Waals surface area contributed by atoms with Crippen LogP contribution in [0.15, 0.2) is 30.5 Å². The van der Waals surface area contributed by atoms with E-state index >= 15 is 0 Å². The SMILES string of the molecule is C[C@@H]1CCCc2nc(-c3cccc(Cl)c3)cn21. The fraction of sp³-hybridized carbons (Fsp3) is 0.357. The van der Waals surface area contributed by atoms with Gasteiger partial charge in [-0.1, -0.05) is 23.7 Å². The second-order valence-electron chi connectivity index (χ2n) is 4.70.